The molecule has 1 N–H and O–H groups in total. The van der Waals surface area contributed by atoms with Gasteiger partial charge in [0.2, 0.25) is 5.91 Å². The second-order valence-electron chi connectivity index (χ2n) is 9.76. The smallest absolute Gasteiger partial charge is 0.227 e. The van der Waals surface area contributed by atoms with Crippen LogP contribution in [0.2, 0.25) is 0 Å². The molecule has 2 heterocycles. The number of methoxy groups -OCH3 is 1. The van der Waals surface area contributed by atoms with Crippen molar-refractivity contribution in [2.24, 2.45) is 11.8 Å². The molecular formula is C28H35FN2O4. The first-order chi connectivity index (χ1) is 16.9. The van der Waals surface area contributed by atoms with Crippen molar-refractivity contribution in [2.45, 2.75) is 31.8 Å². The molecule has 2 aromatic rings. The van der Waals surface area contributed by atoms with Crippen molar-refractivity contribution in [3.63, 3.8) is 0 Å². The van der Waals surface area contributed by atoms with E-state index in [1.165, 1.54) is 6.07 Å². The quantitative estimate of drug-likeness (QED) is 0.614. The van der Waals surface area contributed by atoms with Crippen molar-refractivity contribution < 1.29 is 23.8 Å². The molecule has 2 fully saturated rings. The van der Waals surface area contributed by atoms with Crippen LogP contribution in [0.3, 0.4) is 0 Å². The van der Waals surface area contributed by atoms with Crippen LogP contribution in [0.15, 0.2) is 48.5 Å². The molecular weight excluding hydrogens is 447 g/mol. The third-order valence-corrected chi connectivity index (χ3v) is 7.48. The van der Waals surface area contributed by atoms with Gasteiger partial charge in [-0.15, -0.1) is 0 Å². The fraction of sp³-hybridized carbons (Fsp3) is 0.500. The number of benzene rings is 2. The maximum atomic E-state index is 14.7. The second kappa shape index (κ2) is 11.4. The van der Waals surface area contributed by atoms with Gasteiger partial charge >= 0.3 is 0 Å². The van der Waals surface area contributed by atoms with E-state index in [1.807, 2.05) is 24.3 Å². The van der Waals surface area contributed by atoms with Crippen LogP contribution in [0, 0.1) is 24.6 Å². The number of aliphatic hydroxyl groups excluding tert-OH is 1. The molecule has 2 aromatic carbocycles. The average molecular weight is 483 g/mol. The molecule has 0 radical (unpaired) electrons. The summed E-state index contributed by atoms with van der Waals surface area (Å²) in [6.07, 6.45) is 0.871. The summed E-state index contributed by atoms with van der Waals surface area (Å²) in [6.45, 7) is 4.59. The lowest BCUT2D eigenvalue weighted by Gasteiger charge is -2.45. The van der Waals surface area contributed by atoms with Gasteiger partial charge in [0.1, 0.15) is 5.82 Å². The Morgan fingerprint density at radius 3 is 2.51 bits per heavy atom. The van der Waals surface area contributed by atoms with Crippen LogP contribution in [0.5, 0.6) is 0 Å². The normalized spacial score (nSPS) is 25.4. The molecule has 4 rings (SSSR count). The van der Waals surface area contributed by atoms with Gasteiger partial charge in [-0.25, -0.2) is 4.39 Å². The molecule has 1 amide bonds. The minimum absolute atomic E-state index is 0.0437. The molecule has 188 valence electrons. The fourth-order valence-corrected chi connectivity index (χ4v) is 5.64. The highest BCUT2D eigenvalue weighted by molar-refractivity contribution is 5.99. The maximum Gasteiger partial charge on any atom is 0.227 e. The number of carbonyl (C=O) groups is 2. The lowest BCUT2D eigenvalue weighted by atomic mass is 9.69. The van der Waals surface area contributed by atoms with E-state index in [2.05, 4.69) is 4.90 Å². The van der Waals surface area contributed by atoms with E-state index in [9.17, 15) is 19.1 Å². The number of amides is 1. The first-order valence-corrected chi connectivity index (χ1v) is 12.4. The van der Waals surface area contributed by atoms with E-state index in [0.717, 1.165) is 6.42 Å². The number of nitrogens with zero attached hydrogens (tertiary/aromatic N) is 2. The van der Waals surface area contributed by atoms with Gasteiger partial charge in [0, 0.05) is 57.2 Å². The Morgan fingerprint density at radius 1 is 1.06 bits per heavy atom. The van der Waals surface area contributed by atoms with E-state index < -0.39 is 23.9 Å². The molecule has 7 heteroatoms. The predicted molar refractivity (Wildman–Crippen MR) is 132 cm³/mol. The van der Waals surface area contributed by atoms with E-state index in [4.69, 9.17) is 4.74 Å². The first kappa shape index (κ1) is 25.5. The number of hydrogen-bond acceptors (Lipinski definition) is 5. The number of ether oxygens (including phenoxy) is 1. The van der Waals surface area contributed by atoms with Gasteiger partial charge in [0.05, 0.1) is 18.6 Å². The first-order valence-electron chi connectivity index (χ1n) is 12.4. The number of likely N-dealkylation sites (tertiary alicyclic amines) is 2. The van der Waals surface area contributed by atoms with Crippen molar-refractivity contribution in [1.29, 1.82) is 0 Å². The van der Waals surface area contributed by atoms with Crippen molar-refractivity contribution in [2.75, 3.05) is 46.4 Å². The Kier molecular flexibility index (Phi) is 8.31. The Morgan fingerprint density at radius 2 is 1.80 bits per heavy atom. The highest BCUT2D eigenvalue weighted by atomic mass is 19.1. The van der Waals surface area contributed by atoms with Crippen LogP contribution in [0.1, 0.15) is 40.2 Å². The zero-order chi connectivity index (χ0) is 24.9. The number of carbonyl (C=O) groups excluding carboxylic acids is 2. The van der Waals surface area contributed by atoms with Crippen LogP contribution in [0.4, 0.5) is 4.39 Å². The highest BCUT2D eigenvalue weighted by Crippen LogP contribution is 2.42. The molecule has 2 saturated heterocycles. The molecule has 0 spiro atoms. The van der Waals surface area contributed by atoms with E-state index in [0.29, 0.717) is 62.4 Å². The minimum Gasteiger partial charge on any atom is -0.391 e. The number of halogens is 1. The summed E-state index contributed by atoms with van der Waals surface area (Å²) in [5.41, 5.74) is 1.77. The molecule has 0 saturated carbocycles. The van der Waals surface area contributed by atoms with Crippen LogP contribution in [-0.4, -0.2) is 79.1 Å². The van der Waals surface area contributed by atoms with Crippen molar-refractivity contribution in [3.05, 3.63) is 71.0 Å². The van der Waals surface area contributed by atoms with Gasteiger partial charge in [-0.3, -0.25) is 14.5 Å². The van der Waals surface area contributed by atoms with Crippen molar-refractivity contribution in [3.8, 4) is 0 Å². The second-order valence-corrected chi connectivity index (χ2v) is 9.76. The molecule has 4 atom stereocenters. The number of aliphatic hydroxyl groups is 1. The van der Waals surface area contributed by atoms with Gasteiger partial charge in [-0.1, -0.05) is 42.5 Å². The Balaban J connectivity index is 1.78. The number of rotatable bonds is 7. The highest BCUT2D eigenvalue weighted by Gasteiger charge is 2.46. The number of β-amino-alcohol motifs (C(OH)–C–C–N with tert-alkyl or cyclic N) is 1. The van der Waals surface area contributed by atoms with E-state index in [1.54, 1.807) is 37.1 Å². The van der Waals surface area contributed by atoms with Gasteiger partial charge in [-0.2, -0.15) is 0 Å². The SMILES string of the molecule is COCCN1CC(C(=O)c2ccccc2)C(c2cccc(F)c2C)C(C(=O)N2CCCC(O)C2)C1. The summed E-state index contributed by atoms with van der Waals surface area (Å²) in [6, 6.07) is 14.0. The van der Waals surface area contributed by atoms with Gasteiger partial charge in [0.15, 0.2) is 5.78 Å². The Bertz CT molecular complexity index is 1030. The average Bonchev–Trinajstić information content (AvgIpc) is 2.88. The molecule has 2 aliphatic rings. The summed E-state index contributed by atoms with van der Waals surface area (Å²) in [4.78, 5) is 31.7. The molecule has 4 unspecified atom stereocenters. The number of Topliss-reactive ketones (excluding diaryl/α,β-unsaturated/α-hetero) is 1. The topological polar surface area (TPSA) is 70.1 Å². The monoisotopic (exact) mass is 482 g/mol. The van der Waals surface area contributed by atoms with Crippen LogP contribution < -0.4 is 0 Å². The lowest BCUT2D eigenvalue weighted by molar-refractivity contribution is -0.142. The number of ketones is 1. The largest absolute Gasteiger partial charge is 0.391 e. The van der Waals surface area contributed by atoms with E-state index >= 15 is 0 Å². The number of hydrogen-bond donors (Lipinski definition) is 1. The third-order valence-electron chi connectivity index (χ3n) is 7.48. The zero-order valence-electron chi connectivity index (χ0n) is 20.5. The summed E-state index contributed by atoms with van der Waals surface area (Å²) >= 11 is 0. The minimum atomic E-state index is -0.544. The predicted octanol–water partition coefficient (Wildman–Crippen LogP) is 3.28. The molecule has 0 aromatic heterocycles. The fourth-order valence-electron chi connectivity index (χ4n) is 5.64. The van der Waals surface area contributed by atoms with E-state index in [-0.39, 0.29) is 17.5 Å². The lowest BCUT2D eigenvalue weighted by Crippen LogP contribution is -2.55. The maximum absolute atomic E-state index is 14.7. The van der Waals surface area contributed by atoms with Gasteiger partial charge in [0.25, 0.3) is 0 Å². The molecule has 2 aliphatic heterocycles. The molecule has 0 bridgehead atoms. The van der Waals surface area contributed by atoms with Gasteiger partial charge < -0.3 is 14.7 Å². The summed E-state index contributed by atoms with van der Waals surface area (Å²) in [5.74, 6) is -1.99. The molecule has 0 aliphatic carbocycles. The van der Waals surface area contributed by atoms with Crippen LogP contribution in [0.25, 0.3) is 0 Å². The molecule has 35 heavy (non-hydrogen) atoms. The Hall–Kier alpha value is -2.61. The van der Waals surface area contributed by atoms with Crippen molar-refractivity contribution >= 4 is 11.7 Å². The third kappa shape index (κ3) is 5.63. The zero-order valence-corrected chi connectivity index (χ0v) is 20.5. The number of piperidine rings is 2. The standard InChI is InChI=1S/C28H35FN2O4/c1-19-22(11-6-12-25(19)29)26-23(27(33)20-8-4-3-5-9-20)17-30(14-15-35-2)18-24(26)28(34)31-13-7-10-21(32)16-31/h3-6,8-9,11-12,21,23-24,26,32H,7,10,13-18H2,1-2H3. The molecule has 6 nitrogen and oxygen atoms in total. The summed E-state index contributed by atoms with van der Waals surface area (Å²) < 4.78 is 20.0. The summed E-state index contributed by atoms with van der Waals surface area (Å²) in [5, 5.41) is 10.2. The van der Waals surface area contributed by atoms with Crippen LogP contribution in [-0.2, 0) is 9.53 Å². The van der Waals surface area contributed by atoms with Gasteiger partial charge in [-0.05, 0) is 37.0 Å². The van der Waals surface area contributed by atoms with Crippen molar-refractivity contribution in [1.82, 2.24) is 9.80 Å². The van der Waals surface area contributed by atoms with Crippen LogP contribution >= 0.6 is 0 Å². The summed E-state index contributed by atoms with van der Waals surface area (Å²) in [7, 11) is 1.63. The Labute approximate surface area is 206 Å².